The fourth-order valence-electron chi connectivity index (χ4n) is 2.20. The van der Waals surface area contributed by atoms with E-state index in [1.54, 1.807) is 0 Å². The fourth-order valence-corrected chi connectivity index (χ4v) is 2.49. The van der Waals surface area contributed by atoms with Crippen LogP contribution in [0.5, 0.6) is 0 Å². The molecule has 0 bridgehead atoms. The minimum atomic E-state index is 0.646. The van der Waals surface area contributed by atoms with Crippen LogP contribution >= 0.6 is 11.6 Å². The molecule has 0 amide bonds. The van der Waals surface area contributed by atoms with Gasteiger partial charge in [-0.1, -0.05) is 31.4 Å². The molecule has 0 aliphatic heterocycles. The van der Waals surface area contributed by atoms with Crippen molar-refractivity contribution in [3.63, 3.8) is 0 Å². The molecule has 1 N–H and O–H groups in total. The first-order chi connectivity index (χ1) is 8.31. The van der Waals surface area contributed by atoms with Crippen molar-refractivity contribution in [2.75, 3.05) is 11.9 Å². The Morgan fingerprint density at radius 1 is 1.18 bits per heavy atom. The fraction of sp³-hybridized carbons (Fsp3) is 0.692. The van der Waals surface area contributed by atoms with E-state index in [1.165, 1.54) is 25.7 Å². The van der Waals surface area contributed by atoms with Crippen LogP contribution in [0.2, 0.25) is 5.15 Å². The molecule has 1 heterocycles. The minimum absolute atomic E-state index is 0.646. The van der Waals surface area contributed by atoms with E-state index in [0.29, 0.717) is 11.1 Å². The molecule has 1 aliphatic rings. The lowest BCUT2D eigenvalue weighted by Crippen LogP contribution is -2.12. The van der Waals surface area contributed by atoms with E-state index in [9.17, 15) is 0 Å². The maximum Gasteiger partial charge on any atom is 0.224 e. The number of rotatable bonds is 5. The topological polar surface area (TPSA) is 37.8 Å². The van der Waals surface area contributed by atoms with Gasteiger partial charge in [0.2, 0.25) is 5.95 Å². The molecule has 0 radical (unpaired) electrons. The number of nitrogens with zero attached hydrogens (tertiary/aromatic N) is 2. The van der Waals surface area contributed by atoms with Crippen LogP contribution in [-0.4, -0.2) is 16.5 Å². The Bertz CT molecular complexity index is 379. The van der Waals surface area contributed by atoms with Gasteiger partial charge in [0.15, 0.2) is 0 Å². The number of aromatic nitrogens is 2. The van der Waals surface area contributed by atoms with Crippen molar-refractivity contribution in [2.45, 2.75) is 51.9 Å². The van der Waals surface area contributed by atoms with Crippen molar-refractivity contribution in [2.24, 2.45) is 0 Å². The van der Waals surface area contributed by atoms with Crippen molar-refractivity contribution in [3.8, 4) is 0 Å². The summed E-state index contributed by atoms with van der Waals surface area (Å²) in [4.78, 5) is 8.89. The molecule has 0 aromatic carbocycles. The molecule has 4 heteroatoms. The van der Waals surface area contributed by atoms with Gasteiger partial charge in [0.1, 0.15) is 5.15 Å². The van der Waals surface area contributed by atoms with Crippen LogP contribution < -0.4 is 5.32 Å². The highest BCUT2D eigenvalue weighted by atomic mass is 35.5. The van der Waals surface area contributed by atoms with Crippen LogP contribution in [0.4, 0.5) is 5.95 Å². The third-order valence-corrected chi connectivity index (χ3v) is 3.51. The molecule has 0 spiro atoms. The summed E-state index contributed by atoms with van der Waals surface area (Å²) in [6.45, 7) is 3.13. The lowest BCUT2D eigenvalue weighted by molar-refractivity contribution is 0.662. The summed E-state index contributed by atoms with van der Waals surface area (Å²) >= 11 is 6.20. The van der Waals surface area contributed by atoms with Crippen LogP contribution in [0, 0.1) is 0 Å². The number of fused-ring (bicyclic) bond motifs is 1. The number of halogens is 1. The average molecular weight is 254 g/mol. The van der Waals surface area contributed by atoms with Crippen molar-refractivity contribution >= 4 is 17.5 Å². The SMILES string of the molecule is CCCCCNc1nc(Cl)c2c(n1)CCCC2. The lowest BCUT2D eigenvalue weighted by atomic mass is 9.97. The summed E-state index contributed by atoms with van der Waals surface area (Å²) < 4.78 is 0. The summed E-state index contributed by atoms with van der Waals surface area (Å²) in [7, 11) is 0. The Labute approximate surface area is 108 Å². The summed E-state index contributed by atoms with van der Waals surface area (Å²) in [5, 5.41) is 3.91. The normalized spacial score (nSPS) is 14.5. The van der Waals surface area contributed by atoms with Gasteiger partial charge in [-0.25, -0.2) is 9.97 Å². The van der Waals surface area contributed by atoms with Crippen LogP contribution in [0.15, 0.2) is 0 Å². The number of aryl methyl sites for hydroxylation is 1. The van der Waals surface area contributed by atoms with Gasteiger partial charge in [-0.3, -0.25) is 0 Å². The zero-order chi connectivity index (χ0) is 12.1. The molecule has 2 rings (SSSR count). The largest absolute Gasteiger partial charge is 0.354 e. The maximum atomic E-state index is 6.20. The first-order valence-corrected chi connectivity index (χ1v) is 6.98. The highest BCUT2D eigenvalue weighted by Crippen LogP contribution is 2.26. The van der Waals surface area contributed by atoms with E-state index < -0.39 is 0 Å². The zero-order valence-corrected chi connectivity index (χ0v) is 11.2. The average Bonchev–Trinajstić information content (AvgIpc) is 2.35. The lowest BCUT2D eigenvalue weighted by Gasteiger charge is -2.16. The molecule has 3 nitrogen and oxygen atoms in total. The van der Waals surface area contributed by atoms with Crippen LogP contribution in [0.25, 0.3) is 0 Å². The number of unbranched alkanes of at least 4 members (excludes halogenated alkanes) is 2. The second-order valence-corrected chi connectivity index (χ2v) is 4.96. The van der Waals surface area contributed by atoms with Gasteiger partial charge >= 0.3 is 0 Å². The second kappa shape index (κ2) is 6.20. The van der Waals surface area contributed by atoms with Gasteiger partial charge in [0.05, 0.1) is 5.69 Å². The summed E-state index contributed by atoms with van der Waals surface area (Å²) in [6, 6.07) is 0. The molecule has 1 aromatic heterocycles. The number of hydrogen-bond acceptors (Lipinski definition) is 3. The van der Waals surface area contributed by atoms with Crippen molar-refractivity contribution in [1.29, 1.82) is 0 Å². The molecular weight excluding hydrogens is 234 g/mol. The minimum Gasteiger partial charge on any atom is -0.354 e. The van der Waals surface area contributed by atoms with E-state index in [2.05, 4.69) is 22.2 Å². The van der Waals surface area contributed by atoms with Crippen LogP contribution in [0.1, 0.15) is 50.3 Å². The van der Waals surface area contributed by atoms with Gasteiger partial charge in [-0.05, 0) is 32.1 Å². The quantitative estimate of drug-likeness (QED) is 0.644. The van der Waals surface area contributed by atoms with Crippen molar-refractivity contribution in [3.05, 3.63) is 16.4 Å². The Morgan fingerprint density at radius 2 is 2.00 bits per heavy atom. The number of nitrogens with one attached hydrogen (secondary N) is 1. The van der Waals surface area contributed by atoms with Gasteiger partial charge in [-0.15, -0.1) is 0 Å². The Morgan fingerprint density at radius 3 is 2.82 bits per heavy atom. The monoisotopic (exact) mass is 253 g/mol. The van der Waals surface area contributed by atoms with E-state index >= 15 is 0 Å². The van der Waals surface area contributed by atoms with Crippen LogP contribution in [-0.2, 0) is 12.8 Å². The van der Waals surface area contributed by atoms with Crippen molar-refractivity contribution in [1.82, 2.24) is 9.97 Å². The molecule has 0 saturated heterocycles. The third-order valence-electron chi connectivity index (χ3n) is 3.20. The second-order valence-electron chi connectivity index (χ2n) is 4.60. The maximum absolute atomic E-state index is 6.20. The molecular formula is C13H20ClN3. The first kappa shape index (κ1) is 12.6. The third kappa shape index (κ3) is 3.32. The Kier molecular flexibility index (Phi) is 4.60. The molecule has 1 aromatic rings. The summed E-state index contributed by atoms with van der Waals surface area (Å²) in [5.74, 6) is 0.701. The van der Waals surface area contributed by atoms with Gasteiger partial charge in [0, 0.05) is 12.1 Å². The van der Waals surface area contributed by atoms with Gasteiger partial charge < -0.3 is 5.32 Å². The molecule has 1 aliphatic carbocycles. The van der Waals surface area contributed by atoms with E-state index in [1.807, 2.05) is 0 Å². The van der Waals surface area contributed by atoms with E-state index in [0.717, 1.165) is 37.1 Å². The highest BCUT2D eigenvalue weighted by Gasteiger charge is 2.16. The molecule has 94 valence electrons. The van der Waals surface area contributed by atoms with Crippen molar-refractivity contribution < 1.29 is 0 Å². The number of hydrogen-bond donors (Lipinski definition) is 1. The summed E-state index contributed by atoms with van der Waals surface area (Å²) in [5.41, 5.74) is 2.31. The molecule has 0 saturated carbocycles. The van der Waals surface area contributed by atoms with Crippen LogP contribution in [0.3, 0.4) is 0 Å². The van der Waals surface area contributed by atoms with Gasteiger partial charge in [0.25, 0.3) is 0 Å². The number of anilines is 1. The van der Waals surface area contributed by atoms with E-state index in [4.69, 9.17) is 11.6 Å². The van der Waals surface area contributed by atoms with Gasteiger partial charge in [-0.2, -0.15) is 0 Å². The molecule has 0 unspecified atom stereocenters. The molecule has 0 fully saturated rings. The molecule has 17 heavy (non-hydrogen) atoms. The zero-order valence-electron chi connectivity index (χ0n) is 10.4. The Balaban J connectivity index is 2.01. The summed E-state index contributed by atoms with van der Waals surface area (Å²) in [6.07, 6.45) is 8.13. The standard InChI is InChI=1S/C13H20ClN3/c1-2-3-6-9-15-13-16-11-8-5-4-7-10(11)12(14)17-13/h2-9H2,1H3,(H,15,16,17). The highest BCUT2D eigenvalue weighted by molar-refractivity contribution is 6.30. The Hall–Kier alpha value is -0.830. The molecule has 0 atom stereocenters. The predicted octanol–water partition coefficient (Wildman–Crippen LogP) is 3.61. The first-order valence-electron chi connectivity index (χ1n) is 6.60. The van der Waals surface area contributed by atoms with E-state index in [-0.39, 0.29) is 0 Å². The predicted molar refractivity (Wildman–Crippen MR) is 71.7 cm³/mol. The smallest absolute Gasteiger partial charge is 0.224 e.